The zero-order chi connectivity index (χ0) is 8.97. The molecule has 0 aliphatic rings. The number of benzene rings is 1. The molecule has 1 rings (SSSR count). The van der Waals surface area contributed by atoms with Gasteiger partial charge in [-0.15, -0.1) is 0 Å². The Morgan fingerprint density at radius 3 is 2.67 bits per heavy atom. The first-order valence-electron chi connectivity index (χ1n) is 3.82. The van der Waals surface area contributed by atoms with E-state index in [2.05, 4.69) is 5.32 Å². The molecule has 1 aromatic rings. The van der Waals surface area contributed by atoms with Crippen molar-refractivity contribution in [3.8, 4) is 0 Å². The fourth-order valence-corrected chi connectivity index (χ4v) is 0.984. The quantitative estimate of drug-likeness (QED) is 0.730. The van der Waals surface area contributed by atoms with Crippen LogP contribution in [0.4, 0.5) is 8.78 Å². The molecule has 3 heteroatoms. The molecule has 1 nitrogen and oxygen atoms in total. The molecular weight excluding hydrogens is 160 g/mol. The summed E-state index contributed by atoms with van der Waals surface area (Å²) in [4.78, 5) is 0. The molecule has 0 saturated heterocycles. The van der Waals surface area contributed by atoms with E-state index < -0.39 is 11.6 Å². The van der Waals surface area contributed by atoms with Gasteiger partial charge in [0.1, 0.15) is 11.6 Å². The van der Waals surface area contributed by atoms with E-state index in [1.54, 1.807) is 7.05 Å². The van der Waals surface area contributed by atoms with Crippen LogP contribution in [0.1, 0.15) is 5.56 Å². The van der Waals surface area contributed by atoms with E-state index in [1.165, 1.54) is 12.1 Å². The predicted octanol–water partition coefficient (Wildman–Crippen LogP) is 1.73. The topological polar surface area (TPSA) is 12.0 Å². The second-order valence-electron chi connectivity index (χ2n) is 2.59. The van der Waals surface area contributed by atoms with Crippen LogP contribution in [0.15, 0.2) is 18.2 Å². The molecule has 66 valence electrons. The highest BCUT2D eigenvalue weighted by Crippen LogP contribution is 2.09. The molecular formula is C9H11F2N. The van der Waals surface area contributed by atoms with Gasteiger partial charge in [-0.2, -0.15) is 0 Å². The number of nitrogens with one attached hydrogen (secondary N) is 1. The summed E-state index contributed by atoms with van der Waals surface area (Å²) in [6, 6.07) is 3.65. The Kier molecular flexibility index (Phi) is 3.17. The highest BCUT2D eigenvalue weighted by Gasteiger charge is 2.01. The second-order valence-corrected chi connectivity index (χ2v) is 2.59. The zero-order valence-corrected chi connectivity index (χ0v) is 6.90. The normalized spacial score (nSPS) is 10.2. The number of rotatable bonds is 3. The third-order valence-electron chi connectivity index (χ3n) is 1.66. The molecule has 0 amide bonds. The summed E-state index contributed by atoms with van der Waals surface area (Å²) in [5.74, 6) is -0.994. The molecule has 0 aliphatic heterocycles. The largest absolute Gasteiger partial charge is 0.319 e. The molecule has 0 heterocycles. The molecule has 0 unspecified atom stereocenters. The van der Waals surface area contributed by atoms with Crippen LogP contribution in [-0.4, -0.2) is 13.6 Å². The average Bonchev–Trinajstić information content (AvgIpc) is 2.03. The summed E-state index contributed by atoms with van der Waals surface area (Å²) in [6.07, 6.45) is 0.586. The van der Waals surface area contributed by atoms with Crippen molar-refractivity contribution >= 4 is 0 Å². The third-order valence-corrected chi connectivity index (χ3v) is 1.66. The fourth-order valence-electron chi connectivity index (χ4n) is 0.984. The lowest BCUT2D eigenvalue weighted by atomic mass is 10.1. The molecule has 1 aromatic carbocycles. The van der Waals surface area contributed by atoms with Gasteiger partial charge >= 0.3 is 0 Å². The Morgan fingerprint density at radius 1 is 1.33 bits per heavy atom. The zero-order valence-electron chi connectivity index (χ0n) is 6.90. The van der Waals surface area contributed by atoms with Gasteiger partial charge < -0.3 is 5.32 Å². The summed E-state index contributed by atoms with van der Waals surface area (Å²) in [6.45, 7) is 0.697. The molecule has 0 saturated carbocycles. The molecule has 0 fully saturated rings. The van der Waals surface area contributed by atoms with Crippen LogP contribution < -0.4 is 5.32 Å². The van der Waals surface area contributed by atoms with Crippen LogP contribution in [0, 0.1) is 11.6 Å². The van der Waals surface area contributed by atoms with Crippen LogP contribution in [0.2, 0.25) is 0 Å². The van der Waals surface area contributed by atoms with Gasteiger partial charge in [-0.05, 0) is 31.6 Å². The van der Waals surface area contributed by atoms with E-state index in [0.29, 0.717) is 18.5 Å². The Hall–Kier alpha value is -0.960. The minimum atomic E-state index is -0.527. The lowest BCUT2D eigenvalue weighted by molar-refractivity contribution is 0.569. The Bertz CT molecular complexity index is 261. The first-order chi connectivity index (χ1) is 5.74. The van der Waals surface area contributed by atoms with Crippen LogP contribution in [0.3, 0.4) is 0 Å². The second kappa shape index (κ2) is 4.16. The van der Waals surface area contributed by atoms with Crippen molar-refractivity contribution in [3.05, 3.63) is 35.4 Å². The third kappa shape index (κ3) is 2.27. The minimum absolute atomic E-state index is 0.467. The number of halogens is 2. The van der Waals surface area contributed by atoms with Crippen molar-refractivity contribution in [2.24, 2.45) is 0 Å². The van der Waals surface area contributed by atoms with Gasteiger partial charge in [-0.3, -0.25) is 0 Å². The fraction of sp³-hybridized carbons (Fsp3) is 0.333. The lowest BCUT2D eigenvalue weighted by Gasteiger charge is -2.01. The molecule has 1 N–H and O–H groups in total. The maximum absolute atomic E-state index is 12.9. The van der Waals surface area contributed by atoms with Crippen molar-refractivity contribution in [3.63, 3.8) is 0 Å². The molecule has 0 radical (unpaired) electrons. The molecule has 0 aromatic heterocycles. The standard InChI is InChI=1S/C9H11F2N/c1-12-5-4-7-2-3-8(10)6-9(7)11/h2-3,6,12H,4-5H2,1H3. The predicted molar refractivity (Wildman–Crippen MR) is 44.0 cm³/mol. The molecule has 0 aliphatic carbocycles. The number of hydrogen-bond acceptors (Lipinski definition) is 1. The maximum atomic E-state index is 12.9. The monoisotopic (exact) mass is 171 g/mol. The van der Waals surface area contributed by atoms with Crippen LogP contribution in [-0.2, 0) is 6.42 Å². The smallest absolute Gasteiger partial charge is 0.129 e. The van der Waals surface area contributed by atoms with Gasteiger partial charge in [0.05, 0.1) is 0 Å². The molecule has 12 heavy (non-hydrogen) atoms. The van der Waals surface area contributed by atoms with Crippen molar-refractivity contribution in [2.45, 2.75) is 6.42 Å². The van der Waals surface area contributed by atoms with E-state index in [-0.39, 0.29) is 0 Å². The van der Waals surface area contributed by atoms with Gasteiger partial charge in [-0.25, -0.2) is 8.78 Å². The Morgan fingerprint density at radius 2 is 2.08 bits per heavy atom. The average molecular weight is 171 g/mol. The van der Waals surface area contributed by atoms with E-state index in [4.69, 9.17) is 0 Å². The summed E-state index contributed by atoms with van der Waals surface area (Å²) in [7, 11) is 1.79. The van der Waals surface area contributed by atoms with E-state index >= 15 is 0 Å². The van der Waals surface area contributed by atoms with E-state index in [9.17, 15) is 8.78 Å². The summed E-state index contributed by atoms with van der Waals surface area (Å²) < 4.78 is 25.3. The van der Waals surface area contributed by atoms with Gasteiger partial charge in [0, 0.05) is 6.07 Å². The highest BCUT2D eigenvalue weighted by atomic mass is 19.1. The Balaban J connectivity index is 2.72. The summed E-state index contributed by atoms with van der Waals surface area (Å²) >= 11 is 0. The molecule has 0 bridgehead atoms. The van der Waals surface area contributed by atoms with Gasteiger partial charge in [-0.1, -0.05) is 6.07 Å². The first kappa shape index (κ1) is 9.13. The number of hydrogen-bond donors (Lipinski definition) is 1. The van der Waals surface area contributed by atoms with Crippen molar-refractivity contribution < 1.29 is 8.78 Å². The van der Waals surface area contributed by atoms with Gasteiger partial charge in [0.2, 0.25) is 0 Å². The van der Waals surface area contributed by atoms with Crippen molar-refractivity contribution in [1.82, 2.24) is 5.32 Å². The Labute approximate surface area is 70.4 Å². The summed E-state index contributed by atoms with van der Waals surface area (Å²) in [5, 5.41) is 2.90. The van der Waals surface area contributed by atoms with Crippen LogP contribution >= 0.6 is 0 Å². The highest BCUT2D eigenvalue weighted by molar-refractivity contribution is 5.18. The van der Waals surface area contributed by atoms with E-state index in [1.807, 2.05) is 0 Å². The van der Waals surface area contributed by atoms with E-state index in [0.717, 1.165) is 6.07 Å². The van der Waals surface area contributed by atoms with Crippen LogP contribution in [0.25, 0.3) is 0 Å². The van der Waals surface area contributed by atoms with Crippen molar-refractivity contribution in [2.75, 3.05) is 13.6 Å². The summed E-state index contributed by atoms with van der Waals surface area (Å²) in [5.41, 5.74) is 0.547. The number of likely N-dealkylation sites (N-methyl/N-ethyl adjacent to an activating group) is 1. The van der Waals surface area contributed by atoms with Crippen molar-refractivity contribution in [1.29, 1.82) is 0 Å². The molecule has 0 spiro atoms. The minimum Gasteiger partial charge on any atom is -0.319 e. The maximum Gasteiger partial charge on any atom is 0.129 e. The molecule has 0 atom stereocenters. The van der Waals surface area contributed by atoms with Gasteiger partial charge in [0.15, 0.2) is 0 Å². The lowest BCUT2D eigenvalue weighted by Crippen LogP contribution is -2.11. The first-order valence-corrected chi connectivity index (χ1v) is 3.82. The van der Waals surface area contributed by atoms with Gasteiger partial charge in [0.25, 0.3) is 0 Å². The van der Waals surface area contributed by atoms with Crippen LogP contribution in [0.5, 0.6) is 0 Å². The SMILES string of the molecule is CNCCc1ccc(F)cc1F.